The Morgan fingerprint density at radius 3 is 1.44 bits per heavy atom. The minimum absolute atomic E-state index is 1.96. The van der Waals surface area contributed by atoms with Gasteiger partial charge in [-0.2, -0.15) is 26.3 Å². The lowest BCUT2D eigenvalue weighted by Crippen LogP contribution is -2.19. The fourth-order valence-electron chi connectivity index (χ4n) is 0.382. The average Bonchev–Trinajstić information content (AvgIpc) is 2.09. The van der Waals surface area contributed by atoms with Crippen molar-refractivity contribution in [1.29, 1.82) is 0 Å². The predicted molar refractivity (Wildman–Crippen MR) is 41.6 cm³/mol. The largest absolute Gasteiger partial charge is 0.486 e. The van der Waals surface area contributed by atoms with Crippen molar-refractivity contribution in [1.82, 2.24) is 0 Å². The molecule has 0 heterocycles. The zero-order valence-electron chi connectivity index (χ0n) is 7.14. The van der Waals surface area contributed by atoms with Crippen LogP contribution in [0.2, 0.25) is 0 Å². The molecule has 0 N–H and O–H groups in total. The molecular formula is C4H4BrF6O4P. The Bertz CT molecular complexity index is 242. The van der Waals surface area contributed by atoms with Gasteiger partial charge in [-0.05, 0) is 0 Å². The monoisotopic (exact) mass is 340 g/mol. The molecule has 0 aromatic rings. The van der Waals surface area contributed by atoms with Gasteiger partial charge in [-0.1, -0.05) is 0 Å². The highest BCUT2D eigenvalue weighted by Crippen LogP contribution is 2.52. The molecule has 0 radical (unpaired) electrons. The second-order valence-corrected chi connectivity index (χ2v) is 4.71. The van der Waals surface area contributed by atoms with Gasteiger partial charge in [-0.15, -0.1) is 0 Å². The third-order valence-corrected chi connectivity index (χ3v) is 2.98. The molecule has 98 valence electrons. The van der Waals surface area contributed by atoms with Crippen molar-refractivity contribution < 1.29 is 43.6 Å². The van der Waals surface area contributed by atoms with Crippen LogP contribution < -0.4 is 0 Å². The van der Waals surface area contributed by atoms with Crippen LogP contribution in [0.15, 0.2) is 0 Å². The molecule has 12 heteroatoms. The van der Waals surface area contributed by atoms with Gasteiger partial charge in [0.25, 0.3) is 0 Å². The topological polar surface area (TPSA) is 44.8 Å². The first-order valence-corrected chi connectivity index (χ1v) is 5.41. The van der Waals surface area contributed by atoms with Gasteiger partial charge in [0, 0.05) is 0 Å². The van der Waals surface area contributed by atoms with E-state index < -0.39 is 33.4 Å². The number of hydrogen-bond acceptors (Lipinski definition) is 4. The van der Waals surface area contributed by atoms with Crippen molar-refractivity contribution in [3.8, 4) is 0 Å². The van der Waals surface area contributed by atoms with E-state index in [0.717, 1.165) is 0 Å². The van der Waals surface area contributed by atoms with Gasteiger partial charge in [0.15, 0.2) is 13.2 Å². The number of halogens is 7. The molecule has 0 saturated carbocycles. The van der Waals surface area contributed by atoms with Crippen molar-refractivity contribution in [3.05, 3.63) is 0 Å². The van der Waals surface area contributed by atoms with Gasteiger partial charge in [0.05, 0.1) is 0 Å². The maximum Gasteiger partial charge on any atom is 0.486 e. The number of hydrogen-bond donors (Lipinski definition) is 0. The molecule has 0 fully saturated rings. The highest BCUT2D eigenvalue weighted by molar-refractivity contribution is 9.06. The molecule has 0 aliphatic heterocycles. The van der Waals surface area contributed by atoms with Gasteiger partial charge < -0.3 is 0 Å². The van der Waals surface area contributed by atoms with E-state index >= 15 is 0 Å². The van der Waals surface area contributed by atoms with Crippen molar-refractivity contribution in [2.45, 2.75) is 12.4 Å². The molecule has 4 nitrogen and oxygen atoms in total. The summed E-state index contributed by atoms with van der Waals surface area (Å²) in [6, 6.07) is 0. The van der Waals surface area contributed by atoms with E-state index in [4.69, 9.17) is 0 Å². The highest BCUT2D eigenvalue weighted by atomic mass is 79.9. The quantitative estimate of drug-likeness (QED) is 0.567. The minimum atomic E-state index is -4.92. The fraction of sp³-hybridized carbons (Fsp3) is 1.00. The lowest BCUT2D eigenvalue weighted by atomic mass is 10.7. The summed E-state index contributed by atoms with van der Waals surface area (Å²) in [5.41, 5.74) is 0. The Hall–Kier alpha value is 0.170. The second-order valence-electron chi connectivity index (χ2n) is 2.29. The number of phosphoric ester groups is 1. The van der Waals surface area contributed by atoms with Gasteiger partial charge in [-0.25, -0.2) is 8.18 Å². The molecule has 0 spiro atoms. The Balaban J connectivity index is 4.28. The molecule has 0 aromatic heterocycles. The lowest BCUT2D eigenvalue weighted by molar-refractivity contribution is -0.168. The van der Waals surface area contributed by atoms with Crippen molar-refractivity contribution in [2.75, 3.05) is 13.2 Å². The summed E-state index contributed by atoms with van der Waals surface area (Å²) in [7, 11) is -4.92. The lowest BCUT2D eigenvalue weighted by Gasteiger charge is -2.16. The van der Waals surface area contributed by atoms with E-state index in [1.54, 1.807) is 0 Å². The summed E-state index contributed by atoms with van der Waals surface area (Å²) in [6.45, 7) is -4.12. The van der Waals surface area contributed by atoms with E-state index in [2.05, 4.69) is 12.7 Å². The third kappa shape index (κ3) is 8.34. The van der Waals surface area contributed by atoms with Crippen LogP contribution in [0, 0.1) is 0 Å². The average molecular weight is 341 g/mol. The molecule has 16 heavy (non-hydrogen) atoms. The molecule has 0 aromatic carbocycles. The molecule has 0 aliphatic carbocycles. The van der Waals surface area contributed by atoms with Crippen LogP contribution in [0.4, 0.5) is 26.3 Å². The summed E-state index contributed by atoms with van der Waals surface area (Å²) >= 11 is 1.96. The summed E-state index contributed by atoms with van der Waals surface area (Å²) in [5, 5.41) is 0. The summed E-state index contributed by atoms with van der Waals surface area (Å²) in [6.07, 6.45) is -9.74. The van der Waals surface area contributed by atoms with Gasteiger partial charge in [-0.3, -0.25) is 9.05 Å². The Kier molecular flexibility index (Phi) is 5.73. The van der Waals surface area contributed by atoms with Crippen molar-refractivity contribution in [2.24, 2.45) is 0 Å². The minimum Gasteiger partial charge on any atom is -0.277 e. The normalized spacial score (nSPS) is 14.2. The first-order valence-electron chi connectivity index (χ1n) is 3.30. The van der Waals surface area contributed by atoms with E-state index in [9.17, 15) is 30.9 Å². The molecule has 0 unspecified atom stereocenters. The summed E-state index contributed by atoms with van der Waals surface area (Å²) in [5.74, 6) is 0. The SMILES string of the molecule is O=P(OBr)(OCC(F)(F)F)OCC(F)(F)F. The molecule has 0 aliphatic rings. The van der Waals surface area contributed by atoms with E-state index in [1.165, 1.54) is 0 Å². The molecule has 0 amide bonds. The van der Waals surface area contributed by atoms with Crippen LogP contribution in [-0.2, 0) is 17.2 Å². The highest BCUT2D eigenvalue weighted by Gasteiger charge is 2.39. The molecule has 0 saturated heterocycles. The van der Waals surface area contributed by atoms with Gasteiger partial charge >= 0.3 is 20.2 Å². The number of alkyl halides is 6. The van der Waals surface area contributed by atoms with Crippen LogP contribution in [0.5, 0.6) is 0 Å². The fourth-order valence-corrected chi connectivity index (χ4v) is 1.65. The molecule has 0 bridgehead atoms. The first-order chi connectivity index (χ1) is 6.97. The second kappa shape index (κ2) is 5.67. The van der Waals surface area contributed by atoms with Crippen LogP contribution in [0.3, 0.4) is 0 Å². The van der Waals surface area contributed by atoms with Crippen LogP contribution in [0.1, 0.15) is 0 Å². The zero-order valence-corrected chi connectivity index (χ0v) is 9.62. The van der Waals surface area contributed by atoms with Crippen molar-refractivity contribution in [3.63, 3.8) is 0 Å². The van der Waals surface area contributed by atoms with Gasteiger partial charge in [0.1, 0.15) is 16.3 Å². The summed E-state index contributed by atoms with van der Waals surface area (Å²) < 4.78 is 91.4. The zero-order chi connectivity index (χ0) is 13.0. The maximum atomic E-state index is 11.6. The van der Waals surface area contributed by atoms with Crippen LogP contribution in [0.25, 0.3) is 0 Å². The smallest absolute Gasteiger partial charge is 0.277 e. The molecular weight excluding hydrogens is 337 g/mol. The predicted octanol–water partition coefficient (Wildman–Crippen LogP) is 3.58. The Labute approximate surface area is 93.9 Å². The van der Waals surface area contributed by atoms with E-state index in [1.807, 2.05) is 16.3 Å². The van der Waals surface area contributed by atoms with Crippen LogP contribution >= 0.6 is 24.1 Å². The number of phosphoric acid groups is 1. The Morgan fingerprint density at radius 1 is 0.938 bits per heavy atom. The van der Waals surface area contributed by atoms with Crippen molar-refractivity contribution >= 4 is 24.1 Å². The first kappa shape index (κ1) is 16.2. The van der Waals surface area contributed by atoms with E-state index in [-0.39, 0.29) is 0 Å². The van der Waals surface area contributed by atoms with E-state index in [0.29, 0.717) is 0 Å². The number of rotatable bonds is 5. The van der Waals surface area contributed by atoms with Gasteiger partial charge in [0.2, 0.25) is 0 Å². The maximum absolute atomic E-state index is 11.6. The van der Waals surface area contributed by atoms with Crippen LogP contribution in [-0.4, -0.2) is 25.6 Å². The molecule has 0 rings (SSSR count). The standard InChI is InChI=1S/C4H4BrF6O4P/c5-15-16(12,13-1-3(6,7)8)14-2-4(9,10)11/h1-2H2. The third-order valence-electron chi connectivity index (χ3n) is 0.857. The Morgan fingerprint density at radius 2 is 1.25 bits per heavy atom. The molecule has 0 atom stereocenters. The summed E-state index contributed by atoms with van der Waals surface area (Å²) in [4.78, 5) is 0.